The van der Waals surface area contributed by atoms with Crippen LogP contribution in [0.5, 0.6) is 0 Å². The minimum Gasteiger partial charge on any atom is -0.456 e. The predicted octanol–water partition coefficient (Wildman–Crippen LogP) is 4.23. The van der Waals surface area contributed by atoms with Crippen molar-refractivity contribution in [3.8, 4) is 0 Å². The van der Waals surface area contributed by atoms with Crippen molar-refractivity contribution in [1.82, 2.24) is 4.98 Å². The van der Waals surface area contributed by atoms with Crippen LogP contribution in [0, 0.1) is 0 Å². The number of carbonyl (C=O) groups excluding carboxylic acids is 1. The molecule has 0 aliphatic heterocycles. The lowest BCUT2D eigenvalue weighted by atomic mass is 10.2. The molecule has 0 saturated heterocycles. The number of carbonyl (C=O) groups is 1. The molecule has 0 N–H and O–H groups in total. The van der Waals surface area contributed by atoms with Gasteiger partial charge in [-0.25, -0.2) is 0 Å². The summed E-state index contributed by atoms with van der Waals surface area (Å²) >= 11 is 0. The van der Waals surface area contributed by atoms with Crippen molar-refractivity contribution in [2.24, 2.45) is 0 Å². The van der Waals surface area contributed by atoms with E-state index in [1.165, 1.54) is 6.92 Å². The summed E-state index contributed by atoms with van der Waals surface area (Å²) in [6.45, 7) is 14.8. The molecule has 0 amide bonds. The van der Waals surface area contributed by atoms with Gasteiger partial charge in [-0.2, -0.15) is 0 Å². The maximum absolute atomic E-state index is 11.0. The fourth-order valence-electron chi connectivity index (χ4n) is 1.59. The first kappa shape index (κ1) is 17.8. The number of hydrogen-bond acceptors (Lipinski definition) is 4. The number of nitrogens with zero attached hydrogens (tertiary/aromatic N) is 1. The molecule has 0 spiro atoms. The second-order valence-corrected chi connectivity index (χ2v) is 11.7. The number of pyridine rings is 1. The highest BCUT2D eigenvalue weighted by molar-refractivity contribution is 6.74. The Morgan fingerprint density at radius 3 is 2.48 bits per heavy atom. The molecule has 0 aromatic carbocycles. The SMILES string of the molecule is CC(=O)O[C@@H](C)c1cccc(CO[Si](C)(C)C(C)(C)C)n1. The highest BCUT2D eigenvalue weighted by atomic mass is 28.4. The zero-order valence-corrected chi connectivity index (χ0v) is 15.2. The van der Waals surface area contributed by atoms with E-state index in [1.54, 1.807) is 0 Å². The van der Waals surface area contributed by atoms with E-state index >= 15 is 0 Å². The standard InChI is InChI=1S/C16H27NO3Si/c1-12(20-13(2)18)15-10-8-9-14(17-15)11-19-21(6,7)16(3,4)5/h8-10,12H,11H2,1-7H3/t12-/m0/s1. The zero-order valence-electron chi connectivity index (χ0n) is 14.2. The first-order valence-electron chi connectivity index (χ1n) is 7.30. The van der Waals surface area contributed by atoms with E-state index in [0.717, 1.165) is 11.4 Å². The van der Waals surface area contributed by atoms with Gasteiger partial charge in [0.15, 0.2) is 8.32 Å². The normalized spacial score (nSPS) is 13.9. The number of esters is 1. The van der Waals surface area contributed by atoms with Crippen molar-refractivity contribution in [2.75, 3.05) is 0 Å². The Bertz CT molecular complexity index is 495. The van der Waals surface area contributed by atoms with Crippen LogP contribution in [0.4, 0.5) is 0 Å². The number of rotatable bonds is 5. The van der Waals surface area contributed by atoms with E-state index in [9.17, 15) is 4.79 Å². The van der Waals surface area contributed by atoms with Crippen LogP contribution in [0.1, 0.15) is 52.1 Å². The molecule has 1 aromatic rings. The molecule has 1 rings (SSSR count). The number of ether oxygens (including phenoxy) is 1. The van der Waals surface area contributed by atoms with Crippen molar-refractivity contribution in [2.45, 2.75) is 65.5 Å². The second-order valence-electron chi connectivity index (χ2n) is 6.85. The van der Waals surface area contributed by atoms with E-state index in [2.05, 4.69) is 38.8 Å². The van der Waals surface area contributed by atoms with Crippen LogP contribution >= 0.6 is 0 Å². The van der Waals surface area contributed by atoms with Gasteiger partial charge in [-0.1, -0.05) is 26.8 Å². The molecular weight excluding hydrogens is 282 g/mol. The average Bonchev–Trinajstić information content (AvgIpc) is 2.34. The van der Waals surface area contributed by atoms with E-state index < -0.39 is 8.32 Å². The molecule has 1 atom stereocenters. The van der Waals surface area contributed by atoms with Crippen LogP contribution < -0.4 is 0 Å². The lowest BCUT2D eigenvalue weighted by molar-refractivity contribution is -0.146. The van der Waals surface area contributed by atoms with Crippen LogP contribution in [-0.4, -0.2) is 19.3 Å². The molecule has 0 saturated carbocycles. The summed E-state index contributed by atoms with van der Waals surface area (Å²) in [7, 11) is -1.78. The second kappa shape index (κ2) is 6.71. The predicted molar refractivity (Wildman–Crippen MR) is 86.4 cm³/mol. The molecule has 0 radical (unpaired) electrons. The summed E-state index contributed by atoms with van der Waals surface area (Å²) in [5.41, 5.74) is 1.62. The molecule has 1 heterocycles. The topological polar surface area (TPSA) is 48.4 Å². The Morgan fingerprint density at radius 1 is 1.33 bits per heavy atom. The fraction of sp³-hybridized carbons (Fsp3) is 0.625. The zero-order chi connectivity index (χ0) is 16.3. The minimum absolute atomic E-state index is 0.176. The Balaban J connectivity index is 2.76. The van der Waals surface area contributed by atoms with Gasteiger partial charge in [0.2, 0.25) is 0 Å². The summed E-state index contributed by atoms with van der Waals surface area (Å²) in [4.78, 5) is 15.5. The maximum atomic E-state index is 11.0. The summed E-state index contributed by atoms with van der Waals surface area (Å²) in [5, 5.41) is 0.176. The van der Waals surface area contributed by atoms with Gasteiger partial charge in [-0.15, -0.1) is 0 Å². The van der Waals surface area contributed by atoms with Gasteiger partial charge in [0.05, 0.1) is 18.0 Å². The molecule has 0 aliphatic rings. The molecule has 118 valence electrons. The van der Waals surface area contributed by atoms with E-state index in [1.807, 2.05) is 25.1 Å². The number of aromatic nitrogens is 1. The highest BCUT2D eigenvalue weighted by Gasteiger charge is 2.37. The van der Waals surface area contributed by atoms with Crippen LogP contribution in [0.25, 0.3) is 0 Å². The van der Waals surface area contributed by atoms with Crippen LogP contribution in [0.2, 0.25) is 18.1 Å². The van der Waals surface area contributed by atoms with Crippen LogP contribution in [-0.2, 0) is 20.6 Å². The van der Waals surface area contributed by atoms with Gasteiger partial charge in [-0.05, 0) is 37.2 Å². The van der Waals surface area contributed by atoms with Crippen molar-refractivity contribution >= 4 is 14.3 Å². The molecule has 0 aliphatic carbocycles. The molecule has 0 bridgehead atoms. The van der Waals surface area contributed by atoms with Crippen molar-refractivity contribution in [1.29, 1.82) is 0 Å². The lowest BCUT2D eigenvalue weighted by Gasteiger charge is -2.36. The molecule has 5 heteroatoms. The van der Waals surface area contributed by atoms with E-state index in [0.29, 0.717) is 6.61 Å². The van der Waals surface area contributed by atoms with Gasteiger partial charge >= 0.3 is 5.97 Å². The third-order valence-corrected chi connectivity index (χ3v) is 8.45. The van der Waals surface area contributed by atoms with Crippen LogP contribution in [0.15, 0.2) is 18.2 Å². The quantitative estimate of drug-likeness (QED) is 0.603. The van der Waals surface area contributed by atoms with Gasteiger partial charge in [0.1, 0.15) is 6.10 Å². The van der Waals surface area contributed by atoms with Gasteiger partial charge < -0.3 is 9.16 Å². The van der Waals surface area contributed by atoms with E-state index in [4.69, 9.17) is 9.16 Å². The van der Waals surface area contributed by atoms with Gasteiger partial charge in [0.25, 0.3) is 0 Å². The summed E-state index contributed by atoms with van der Waals surface area (Å²) in [6.07, 6.45) is -0.338. The molecular formula is C16H27NO3Si. The first-order chi connectivity index (χ1) is 9.53. The molecule has 0 fully saturated rings. The van der Waals surface area contributed by atoms with E-state index in [-0.39, 0.29) is 17.1 Å². The Labute approximate surface area is 129 Å². The van der Waals surface area contributed by atoms with Crippen LogP contribution in [0.3, 0.4) is 0 Å². The third-order valence-electron chi connectivity index (χ3n) is 3.97. The molecule has 1 aromatic heterocycles. The highest BCUT2D eigenvalue weighted by Crippen LogP contribution is 2.37. The monoisotopic (exact) mass is 309 g/mol. The summed E-state index contributed by atoms with van der Waals surface area (Å²) < 4.78 is 11.3. The van der Waals surface area contributed by atoms with Gasteiger partial charge in [0, 0.05) is 6.92 Å². The number of hydrogen-bond donors (Lipinski definition) is 0. The lowest BCUT2D eigenvalue weighted by Crippen LogP contribution is -2.40. The Morgan fingerprint density at radius 2 is 1.95 bits per heavy atom. The van der Waals surface area contributed by atoms with Gasteiger partial charge in [-0.3, -0.25) is 9.78 Å². The molecule has 4 nitrogen and oxygen atoms in total. The average molecular weight is 309 g/mol. The smallest absolute Gasteiger partial charge is 0.303 e. The van der Waals surface area contributed by atoms with Crippen molar-refractivity contribution in [3.63, 3.8) is 0 Å². The molecule has 21 heavy (non-hydrogen) atoms. The van der Waals surface area contributed by atoms with Crippen molar-refractivity contribution in [3.05, 3.63) is 29.6 Å². The Hall–Kier alpha value is -1.20. The fourth-order valence-corrected chi connectivity index (χ4v) is 2.53. The summed E-state index contributed by atoms with van der Waals surface area (Å²) in [6, 6.07) is 5.73. The minimum atomic E-state index is -1.78. The third kappa shape index (κ3) is 5.25. The Kier molecular flexibility index (Phi) is 5.70. The summed E-state index contributed by atoms with van der Waals surface area (Å²) in [5.74, 6) is -0.299. The molecule has 0 unspecified atom stereocenters. The van der Waals surface area contributed by atoms with Crippen molar-refractivity contribution < 1.29 is 14.0 Å². The first-order valence-corrected chi connectivity index (χ1v) is 10.2. The maximum Gasteiger partial charge on any atom is 0.303 e. The largest absolute Gasteiger partial charge is 0.456 e.